The first-order valence-corrected chi connectivity index (χ1v) is 9.37. The molecule has 0 aliphatic carbocycles. The molecule has 0 unspecified atom stereocenters. The minimum absolute atomic E-state index is 0.0408. The van der Waals surface area contributed by atoms with E-state index in [0.29, 0.717) is 21.5 Å². The summed E-state index contributed by atoms with van der Waals surface area (Å²) in [5.41, 5.74) is 0.311. The zero-order valence-electron chi connectivity index (χ0n) is 13.4. The molecule has 0 saturated carbocycles. The smallest absolute Gasteiger partial charge is 0.271 e. The van der Waals surface area contributed by atoms with Gasteiger partial charge in [-0.3, -0.25) is 9.59 Å². The highest BCUT2D eigenvalue weighted by atomic mass is 35.5. The van der Waals surface area contributed by atoms with Crippen LogP contribution >= 0.6 is 34.3 Å². The van der Waals surface area contributed by atoms with E-state index in [4.69, 9.17) is 11.6 Å². The summed E-state index contributed by atoms with van der Waals surface area (Å²) < 4.78 is 2.11. The van der Waals surface area contributed by atoms with Gasteiger partial charge in [0.05, 0.1) is 14.9 Å². The number of carbonyl (C=O) groups excluding carboxylic acids is 1. The number of halogens is 1. The van der Waals surface area contributed by atoms with Gasteiger partial charge in [-0.15, -0.1) is 22.7 Å². The van der Waals surface area contributed by atoms with Crippen molar-refractivity contribution in [2.75, 3.05) is 6.54 Å². The number of amides is 1. The molecular weight excluding hydrogens is 366 g/mol. The van der Waals surface area contributed by atoms with Crippen molar-refractivity contribution in [3.8, 4) is 10.6 Å². The second-order valence-electron chi connectivity index (χ2n) is 6.56. The Morgan fingerprint density at radius 1 is 1.38 bits per heavy atom. The highest BCUT2D eigenvalue weighted by molar-refractivity contribution is 7.20. The van der Waals surface area contributed by atoms with E-state index in [2.05, 4.69) is 10.3 Å². The molecule has 0 radical (unpaired) electrons. The number of hydrogen-bond donors (Lipinski definition) is 1. The number of aromatic nitrogens is 2. The maximum atomic E-state index is 12.8. The largest absolute Gasteiger partial charge is 0.351 e. The molecule has 0 aromatic carbocycles. The molecule has 0 fully saturated rings. The minimum Gasteiger partial charge on any atom is -0.351 e. The Hall–Kier alpha value is -1.70. The number of thiophene rings is 1. The molecular formula is C16H16ClN3O2S2. The number of hydrogen-bond acceptors (Lipinski definition) is 5. The van der Waals surface area contributed by atoms with Crippen molar-refractivity contribution in [1.82, 2.24) is 14.7 Å². The summed E-state index contributed by atoms with van der Waals surface area (Å²) in [6.07, 6.45) is 1.34. The average Bonchev–Trinajstić information content (AvgIpc) is 3.10. The van der Waals surface area contributed by atoms with Gasteiger partial charge < -0.3 is 5.32 Å². The Morgan fingerprint density at radius 3 is 2.75 bits per heavy atom. The SMILES string of the molecule is CC(C)(C)CNC(=O)c1cnc2scc(-c3ccc(Cl)s3)n2c1=O. The lowest BCUT2D eigenvalue weighted by Crippen LogP contribution is -2.36. The number of nitrogens with one attached hydrogen (secondary N) is 1. The predicted octanol–water partition coefficient (Wildman–Crippen LogP) is 3.91. The lowest BCUT2D eigenvalue weighted by molar-refractivity contribution is 0.0937. The average molecular weight is 382 g/mol. The molecule has 8 heteroatoms. The third-order valence-corrected chi connectivity index (χ3v) is 5.39. The van der Waals surface area contributed by atoms with Crippen molar-refractivity contribution in [1.29, 1.82) is 0 Å². The summed E-state index contributed by atoms with van der Waals surface area (Å²) >= 11 is 8.72. The van der Waals surface area contributed by atoms with Crippen molar-refractivity contribution in [3.63, 3.8) is 0 Å². The van der Waals surface area contributed by atoms with E-state index < -0.39 is 5.91 Å². The van der Waals surface area contributed by atoms with Crippen LogP contribution in [0.2, 0.25) is 4.34 Å². The van der Waals surface area contributed by atoms with E-state index in [1.165, 1.54) is 33.3 Å². The molecule has 0 aliphatic heterocycles. The van der Waals surface area contributed by atoms with Crippen molar-refractivity contribution < 1.29 is 4.79 Å². The summed E-state index contributed by atoms with van der Waals surface area (Å²) in [5, 5.41) is 4.64. The highest BCUT2D eigenvalue weighted by Gasteiger charge is 2.19. The van der Waals surface area contributed by atoms with Crippen LogP contribution in [0.1, 0.15) is 31.1 Å². The van der Waals surface area contributed by atoms with Crippen LogP contribution in [0.4, 0.5) is 0 Å². The first kappa shape index (κ1) is 17.1. The Labute approximate surface area is 151 Å². The lowest BCUT2D eigenvalue weighted by atomic mass is 9.97. The van der Waals surface area contributed by atoms with E-state index in [9.17, 15) is 9.59 Å². The van der Waals surface area contributed by atoms with Gasteiger partial charge in [0.1, 0.15) is 5.56 Å². The molecule has 3 aromatic heterocycles. The van der Waals surface area contributed by atoms with Gasteiger partial charge >= 0.3 is 0 Å². The fourth-order valence-corrected chi connectivity index (χ4v) is 4.09. The van der Waals surface area contributed by atoms with E-state index in [1.54, 1.807) is 6.07 Å². The van der Waals surface area contributed by atoms with E-state index >= 15 is 0 Å². The van der Waals surface area contributed by atoms with E-state index in [-0.39, 0.29) is 16.5 Å². The zero-order chi connectivity index (χ0) is 17.5. The number of thiazole rings is 1. The monoisotopic (exact) mass is 381 g/mol. The quantitative estimate of drug-likeness (QED) is 0.748. The summed E-state index contributed by atoms with van der Waals surface area (Å²) in [6.45, 7) is 6.52. The van der Waals surface area contributed by atoms with Crippen molar-refractivity contribution >= 4 is 45.1 Å². The lowest BCUT2D eigenvalue weighted by Gasteiger charge is -2.18. The van der Waals surface area contributed by atoms with E-state index in [1.807, 2.05) is 32.2 Å². The molecule has 3 rings (SSSR count). The topological polar surface area (TPSA) is 63.5 Å². The second kappa shape index (κ2) is 6.31. The van der Waals surface area contributed by atoms with Gasteiger partial charge in [0, 0.05) is 18.1 Å². The highest BCUT2D eigenvalue weighted by Crippen LogP contribution is 2.32. The Kier molecular flexibility index (Phi) is 4.50. The van der Waals surface area contributed by atoms with Crippen LogP contribution < -0.4 is 10.9 Å². The van der Waals surface area contributed by atoms with Gasteiger partial charge in [-0.1, -0.05) is 32.4 Å². The molecule has 3 aromatic rings. The van der Waals surface area contributed by atoms with Crippen molar-refractivity contribution in [3.05, 3.63) is 44.0 Å². The summed E-state index contributed by atoms with van der Waals surface area (Å²) in [7, 11) is 0. The molecule has 0 spiro atoms. The molecule has 126 valence electrons. The van der Waals surface area contributed by atoms with Gasteiger partial charge in [0.2, 0.25) is 0 Å². The molecule has 3 heterocycles. The minimum atomic E-state index is -0.404. The Balaban J connectivity index is 2.04. The zero-order valence-corrected chi connectivity index (χ0v) is 15.8. The van der Waals surface area contributed by atoms with Crippen LogP contribution in [0.25, 0.3) is 15.5 Å². The molecule has 0 bridgehead atoms. The Bertz CT molecular complexity index is 966. The summed E-state index contributed by atoms with van der Waals surface area (Å²) in [6, 6.07) is 3.64. The Morgan fingerprint density at radius 2 is 2.12 bits per heavy atom. The fraction of sp³-hybridized carbons (Fsp3) is 0.312. The summed E-state index contributed by atoms with van der Waals surface area (Å²) in [5.74, 6) is -0.404. The molecule has 24 heavy (non-hydrogen) atoms. The molecule has 0 saturated heterocycles. The summed E-state index contributed by atoms with van der Waals surface area (Å²) in [4.78, 5) is 30.8. The van der Waals surface area contributed by atoms with Crippen LogP contribution in [0.15, 0.2) is 28.5 Å². The maximum absolute atomic E-state index is 12.8. The standard InChI is InChI=1S/C16H16ClN3O2S2/c1-16(2,3)8-19-13(21)9-6-18-15-20(14(9)22)10(7-23-15)11-4-5-12(17)24-11/h4-7H,8H2,1-3H3,(H,19,21). The van der Waals surface area contributed by atoms with Crippen LogP contribution in [-0.2, 0) is 0 Å². The van der Waals surface area contributed by atoms with Gasteiger partial charge in [-0.05, 0) is 17.5 Å². The van der Waals surface area contributed by atoms with Gasteiger partial charge in [0.25, 0.3) is 11.5 Å². The molecule has 0 aliphatic rings. The first-order valence-electron chi connectivity index (χ1n) is 7.29. The molecule has 0 atom stereocenters. The molecule has 1 amide bonds. The number of carbonyl (C=O) groups is 1. The third kappa shape index (κ3) is 3.38. The fourth-order valence-electron chi connectivity index (χ4n) is 2.11. The van der Waals surface area contributed by atoms with E-state index in [0.717, 1.165) is 4.88 Å². The van der Waals surface area contributed by atoms with Gasteiger partial charge in [-0.25, -0.2) is 9.38 Å². The molecule has 5 nitrogen and oxygen atoms in total. The van der Waals surface area contributed by atoms with Crippen LogP contribution in [0.3, 0.4) is 0 Å². The predicted molar refractivity (Wildman–Crippen MR) is 99.5 cm³/mol. The normalized spacial score (nSPS) is 11.8. The van der Waals surface area contributed by atoms with Crippen molar-refractivity contribution in [2.45, 2.75) is 20.8 Å². The number of nitrogens with zero attached hydrogens (tertiary/aromatic N) is 2. The second-order valence-corrected chi connectivity index (χ2v) is 9.11. The molecule has 1 N–H and O–H groups in total. The maximum Gasteiger partial charge on any atom is 0.271 e. The number of fused-ring (bicyclic) bond motifs is 1. The van der Waals surface area contributed by atoms with Crippen LogP contribution in [-0.4, -0.2) is 21.8 Å². The van der Waals surface area contributed by atoms with Crippen LogP contribution in [0.5, 0.6) is 0 Å². The van der Waals surface area contributed by atoms with Crippen LogP contribution in [0, 0.1) is 5.41 Å². The third-order valence-electron chi connectivity index (χ3n) is 3.30. The first-order chi connectivity index (χ1) is 11.3. The number of rotatable bonds is 3. The van der Waals surface area contributed by atoms with Gasteiger partial charge in [0.15, 0.2) is 4.96 Å². The van der Waals surface area contributed by atoms with Crippen molar-refractivity contribution in [2.24, 2.45) is 5.41 Å². The van der Waals surface area contributed by atoms with Gasteiger partial charge in [-0.2, -0.15) is 0 Å².